The third kappa shape index (κ3) is 3.11. The molecule has 2 N–H and O–H groups in total. The Labute approximate surface area is 160 Å². The highest BCUT2D eigenvalue weighted by Crippen LogP contribution is 2.60. The molecule has 5 heteroatoms. The lowest BCUT2D eigenvalue weighted by Gasteiger charge is -2.55. The van der Waals surface area contributed by atoms with Crippen molar-refractivity contribution >= 4 is 11.8 Å². The van der Waals surface area contributed by atoms with E-state index in [4.69, 9.17) is 4.74 Å². The van der Waals surface area contributed by atoms with Crippen molar-refractivity contribution in [3.05, 3.63) is 29.8 Å². The second-order valence-corrected chi connectivity index (χ2v) is 9.18. The molecule has 1 heterocycles. The maximum Gasteiger partial charge on any atom is 0.239 e. The van der Waals surface area contributed by atoms with E-state index in [0.717, 1.165) is 54.7 Å². The molecule has 2 amide bonds. The number of ether oxygens (including phenoxy) is 1. The van der Waals surface area contributed by atoms with Crippen molar-refractivity contribution in [2.24, 2.45) is 23.2 Å². The van der Waals surface area contributed by atoms with E-state index in [2.05, 4.69) is 10.6 Å². The lowest BCUT2D eigenvalue weighted by molar-refractivity contribution is -0.147. The van der Waals surface area contributed by atoms with Crippen LogP contribution in [0.5, 0.6) is 5.75 Å². The van der Waals surface area contributed by atoms with Gasteiger partial charge in [-0.15, -0.1) is 0 Å². The Morgan fingerprint density at radius 2 is 1.70 bits per heavy atom. The standard InChI is InChI=1S/C22H28N2O3/c25-20(24-18-5-6-27-19-4-2-1-3-17(18)19)13-23-21(26)22-10-14-7-15(11-22)9-16(8-14)12-22/h1-4,14-16,18H,5-13H2,(H,23,26)(H,24,25)/t14?,15?,16?,18-,22?/m0/s1. The molecule has 4 saturated carbocycles. The molecule has 0 unspecified atom stereocenters. The Hall–Kier alpha value is -2.04. The van der Waals surface area contributed by atoms with Gasteiger partial charge in [0.05, 0.1) is 19.2 Å². The molecule has 4 bridgehead atoms. The molecule has 1 atom stereocenters. The van der Waals surface area contributed by atoms with Gasteiger partial charge in [0.15, 0.2) is 0 Å². The Bertz CT molecular complexity index is 724. The number of carbonyl (C=O) groups excluding carboxylic acids is 2. The van der Waals surface area contributed by atoms with Crippen LogP contribution in [0, 0.1) is 23.2 Å². The molecule has 4 fully saturated rings. The first-order valence-corrected chi connectivity index (χ1v) is 10.4. The lowest BCUT2D eigenvalue weighted by Crippen LogP contribution is -2.54. The zero-order chi connectivity index (χ0) is 18.4. The van der Waals surface area contributed by atoms with E-state index in [1.165, 1.54) is 19.3 Å². The van der Waals surface area contributed by atoms with E-state index < -0.39 is 0 Å². The Balaban J connectivity index is 1.19. The molecule has 0 aromatic heterocycles. The number of fused-ring (bicyclic) bond motifs is 1. The molecular weight excluding hydrogens is 340 g/mol. The fourth-order valence-electron chi connectivity index (χ4n) is 6.47. The van der Waals surface area contributed by atoms with Gasteiger partial charge in [-0.1, -0.05) is 18.2 Å². The van der Waals surface area contributed by atoms with Gasteiger partial charge in [0, 0.05) is 17.4 Å². The summed E-state index contributed by atoms with van der Waals surface area (Å²) in [5.74, 6) is 3.03. The van der Waals surface area contributed by atoms with Gasteiger partial charge in [0.1, 0.15) is 5.75 Å². The van der Waals surface area contributed by atoms with Crippen LogP contribution in [0.15, 0.2) is 24.3 Å². The molecule has 6 rings (SSSR count). The van der Waals surface area contributed by atoms with E-state index in [1.807, 2.05) is 24.3 Å². The molecule has 5 aliphatic rings. The molecule has 1 aliphatic heterocycles. The van der Waals surface area contributed by atoms with Crippen LogP contribution in [0.1, 0.15) is 56.6 Å². The molecule has 27 heavy (non-hydrogen) atoms. The van der Waals surface area contributed by atoms with Gasteiger partial charge >= 0.3 is 0 Å². The Morgan fingerprint density at radius 3 is 2.41 bits per heavy atom. The van der Waals surface area contributed by atoms with Gasteiger partial charge in [-0.3, -0.25) is 9.59 Å². The number of benzene rings is 1. The van der Waals surface area contributed by atoms with Crippen LogP contribution in [-0.4, -0.2) is 25.0 Å². The number of rotatable bonds is 4. The maximum atomic E-state index is 13.0. The van der Waals surface area contributed by atoms with Crippen LogP contribution < -0.4 is 15.4 Å². The van der Waals surface area contributed by atoms with E-state index in [0.29, 0.717) is 6.61 Å². The van der Waals surface area contributed by atoms with Gasteiger partial charge in [-0.25, -0.2) is 0 Å². The van der Waals surface area contributed by atoms with Gasteiger partial charge < -0.3 is 15.4 Å². The van der Waals surface area contributed by atoms with Crippen molar-refractivity contribution in [3.63, 3.8) is 0 Å². The molecule has 4 aliphatic carbocycles. The second kappa shape index (κ2) is 6.54. The molecule has 5 nitrogen and oxygen atoms in total. The number of nitrogens with one attached hydrogen (secondary N) is 2. The average Bonchev–Trinajstić information content (AvgIpc) is 2.65. The van der Waals surface area contributed by atoms with Crippen molar-refractivity contribution in [3.8, 4) is 5.75 Å². The summed E-state index contributed by atoms with van der Waals surface area (Å²) in [6.07, 6.45) is 7.79. The lowest BCUT2D eigenvalue weighted by atomic mass is 9.49. The van der Waals surface area contributed by atoms with Gasteiger partial charge in [-0.05, 0) is 62.3 Å². The highest BCUT2D eigenvalue weighted by atomic mass is 16.5. The van der Waals surface area contributed by atoms with E-state index in [1.54, 1.807) is 0 Å². The summed E-state index contributed by atoms with van der Waals surface area (Å²) < 4.78 is 5.65. The first-order valence-electron chi connectivity index (χ1n) is 10.4. The van der Waals surface area contributed by atoms with Crippen LogP contribution in [0.3, 0.4) is 0 Å². The number of hydrogen-bond donors (Lipinski definition) is 2. The van der Waals surface area contributed by atoms with Crippen LogP contribution in [-0.2, 0) is 9.59 Å². The summed E-state index contributed by atoms with van der Waals surface area (Å²) in [4.78, 5) is 25.5. The summed E-state index contributed by atoms with van der Waals surface area (Å²) in [5, 5.41) is 6.04. The number of amides is 2. The van der Waals surface area contributed by atoms with Gasteiger partial charge in [0.2, 0.25) is 11.8 Å². The molecule has 0 radical (unpaired) electrons. The quantitative estimate of drug-likeness (QED) is 0.859. The number of para-hydroxylation sites is 1. The second-order valence-electron chi connectivity index (χ2n) is 9.18. The summed E-state index contributed by atoms with van der Waals surface area (Å²) in [5.41, 5.74) is 0.824. The van der Waals surface area contributed by atoms with Crippen molar-refractivity contribution in [2.45, 2.75) is 51.0 Å². The van der Waals surface area contributed by atoms with Crippen molar-refractivity contribution in [1.82, 2.24) is 10.6 Å². The zero-order valence-corrected chi connectivity index (χ0v) is 15.7. The van der Waals surface area contributed by atoms with Gasteiger partial charge in [0.25, 0.3) is 0 Å². The van der Waals surface area contributed by atoms with Crippen LogP contribution in [0.25, 0.3) is 0 Å². The third-order valence-corrected chi connectivity index (χ3v) is 7.22. The third-order valence-electron chi connectivity index (χ3n) is 7.22. The topological polar surface area (TPSA) is 67.4 Å². The molecule has 1 aromatic rings. The Morgan fingerprint density at radius 1 is 1.04 bits per heavy atom. The van der Waals surface area contributed by atoms with Crippen molar-refractivity contribution in [2.75, 3.05) is 13.2 Å². The van der Waals surface area contributed by atoms with Crippen LogP contribution in [0.4, 0.5) is 0 Å². The van der Waals surface area contributed by atoms with Crippen molar-refractivity contribution < 1.29 is 14.3 Å². The fourth-order valence-corrected chi connectivity index (χ4v) is 6.47. The highest BCUT2D eigenvalue weighted by molar-refractivity contribution is 5.88. The normalized spacial score (nSPS) is 35.9. The van der Waals surface area contributed by atoms with Gasteiger partial charge in [-0.2, -0.15) is 0 Å². The predicted octanol–water partition coefficient (Wildman–Crippen LogP) is 2.96. The minimum Gasteiger partial charge on any atom is -0.493 e. The monoisotopic (exact) mass is 368 g/mol. The first kappa shape index (κ1) is 17.1. The van der Waals surface area contributed by atoms with Crippen LogP contribution >= 0.6 is 0 Å². The highest BCUT2D eigenvalue weighted by Gasteiger charge is 2.54. The van der Waals surface area contributed by atoms with E-state index in [-0.39, 0.29) is 29.8 Å². The summed E-state index contributed by atoms with van der Waals surface area (Å²) in [7, 11) is 0. The molecule has 1 aromatic carbocycles. The SMILES string of the molecule is O=C(CNC(=O)C12CC3CC(CC(C3)C1)C2)N[C@H]1CCOc2ccccc21. The number of carbonyl (C=O) groups is 2. The smallest absolute Gasteiger partial charge is 0.239 e. The number of hydrogen-bond acceptors (Lipinski definition) is 3. The average molecular weight is 368 g/mol. The predicted molar refractivity (Wildman–Crippen MR) is 101 cm³/mol. The van der Waals surface area contributed by atoms with E-state index in [9.17, 15) is 9.59 Å². The van der Waals surface area contributed by atoms with E-state index >= 15 is 0 Å². The summed E-state index contributed by atoms with van der Waals surface area (Å²) in [6.45, 7) is 0.668. The molecule has 144 valence electrons. The van der Waals surface area contributed by atoms with Crippen LogP contribution in [0.2, 0.25) is 0 Å². The molecule has 0 spiro atoms. The first-order chi connectivity index (χ1) is 13.1. The minimum absolute atomic E-state index is 0.0427. The fraction of sp³-hybridized carbons (Fsp3) is 0.636. The molecular formula is C22H28N2O3. The minimum atomic E-state index is -0.194. The summed E-state index contributed by atoms with van der Waals surface area (Å²) in [6, 6.07) is 7.78. The summed E-state index contributed by atoms with van der Waals surface area (Å²) >= 11 is 0. The largest absolute Gasteiger partial charge is 0.493 e. The zero-order valence-electron chi connectivity index (χ0n) is 15.7. The Kier molecular flexibility index (Phi) is 4.14. The molecule has 0 saturated heterocycles. The maximum absolute atomic E-state index is 13.0. The van der Waals surface area contributed by atoms with Crippen molar-refractivity contribution in [1.29, 1.82) is 0 Å².